The molecule has 0 radical (unpaired) electrons. The number of carbonyl (C=O) groups is 1. The quantitative estimate of drug-likeness (QED) is 0.198. The summed E-state index contributed by atoms with van der Waals surface area (Å²) in [6.45, 7) is 2.02. The van der Waals surface area contributed by atoms with Crippen LogP contribution in [0.2, 0.25) is 0 Å². The van der Waals surface area contributed by atoms with Crippen LogP contribution in [0.15, 0.2) is 116 Å². The Bertz CT molecular complexity index is 2070. The number of amidine groups is 1. The number of hydrazone groups is 1. The Balaban J connectivity index is 1.30. The van der Waals surface area contributed by atoms with Crippen LogP contribution in [0, 0.1) is 6.92 Å². The normalized spacial score (nSPS) is 17.8. The van der Waals surface area contributed by atoms with E-state index in [0.29, 0.717) is 22.3 Å². The zero-order valence-electron chi connectivity index (χ0n) is 22.9. The lowest BCUT2D eigenvalue weighted by atomic mass is 10.0. The second kappa shape index (κ2) is 10.4. The summed E-state index contributed by atoms with van der Waals surface area (Å²) in [5.41, 5.74) is 5.57. The number of carbonyl (C=O) groups excluding carboxylic acids is 1. The number of aryl methyl sites for hydroxylation is 1. The molecule has 1 atom stereocenters. The third-order valence-electron chi connectivity index (χ3n) is 7.43. The molecule has 4 aromatic heterocycles. The van der Waals surface area contributed by atoms with Crippen LogP contribution in [-0.2, 0) is 4.79 Å². The summed E-state index contributed by atoms with van der Waals surface area (Å²) in [6.07, 6.45) is 5.77. The van der Waals surface area contributed by atoms with Gasteiger partial charge in [-0.05, 0) is 66.5 Å². The smallest absolute Gasteiger partial charge is 0.286 e. The number of nitrogens with zero attached hydrogens (tertiary/aromatic N) is 7. The van der Waals surface area contributed by atoms with Crippen molar-refractivity contribution in [3.63, 3.8) is 0 Å². The summed E-state index contributed by atoms with van der Waals surface area (Å²) in [5, 5.41) is 14.6. The molecule has 0 fully saturated rings. The van der Waals surface area contributed by atoms with Gasteiger partial charge in [-0.25, -0.2) is 14.7 Å². The second-order valence-electron chi connectivity index (χ2n) is 10.1. The van der Waals surface area contributed by atoms with E-state index < -0.39 is 0 Å². The van der Waals surface area contributed by atoms with Crippen molar-refractivity contribution in [1.29, 1.82) is 0 Å². The van der Waals surface area contributed by atoms with Gasteiger partial charge in [0.05, 0.1) is 50.2 Å². The van der Waals surface area contributed by atoms with Crippen molar-refractivity contribution >= 4 is 57.0 Å². The predicted octanol–water partition coefficient (Wildman–Crippen LogP) is 7.00. The number of thiophene rings is 1. The van der Waals surface area contributed by atoms with Crippen LogP contribution in [0.5, 0.6) is 0 Å². The number of fused-ring (bicyclic) bond motifs is 1. The first-order valence-corrected chi connectivity index (χ1v) is 15.4. The molecule has 6 aromatic rings. The van der Waals surface area contributed by atoms with Crippen LogP contribution < -0.4 is 0 Å². The van der Waals surface area contributed by atoms with Gasteiger partial charge in [-0.15, -0.1) is 11.3 Å². The molecule has 0 saturated carbocycles. The first kappa shape index (κ1) is 25.7. The number of thioether (sulfide) groups is 1. The number of rotatable bonds is 5. The minimum atomic E-state index is -0.313. The van der Waals surface area contributed by atoms with Crippen molar-refractivity contribution in [3.8, 4) is 11.5 Å². The van der Waals surface area contributed by atoms with E-state index in [-0.39, 0.29) is 11.9 Å². The van der Waals surface area contributed by atoms with Crippen molar-refractivity contribution in [1.82, 2.24) is 24.3 Å². The summed E-state index contributed by atoms with van der Waals surface area (Å²) in [5.74, 6) is 1.16. The van der Waals surface area contributed by atoms with Gasteiger partial charge in [-0.1, -0.05) is 36.4 Å². The molecular weight excluding hydrogens is 579 g/mol. The lowest BCUT2D eigenvalue weighted by Crippen LogP contribution is -2.25. The van der Waals surface area contributed by atoms with Gasteiger partial charge >= 0.3 is 0 Å². The minimum Gasteiger partial charge on any atom is -0.465 e. The van der Waals surface area contributed by atoms with Crippen LogP contribution in [-0.4, -0.2) is 41.1 Å². The van der Waals surface area contributed by atoms with Gasteiger partial charge < -0.3 is 4.42 Å². The van der Waals surface area contributed by atoms with E-state index in [2.05, 4.69) is 21.7 Å². The van der Waals surface area contributed by atoms with Crippen molar-refractivity contribution in [2.75, 3.05) is 0 Å². The first-order valence-electron chi connectivity index (χ1n) is 13.7. The van der Waals surface area contributed by atoms with Crippen LogP contribution >= 0.6 is 23.1 Å². The molecule has 43 heavy (non-hydrogen) atoms. The summed E-state index contributed by atoms with van der Waals surface area (Å²) in [4.78, 5) is 23.8. The molecule has 9 nitrogen and oxygen atoms in total. The molecule has 0 aliphatic carbocycles. The fourth-order valence-electron chi connectivity index (χ4n) is 5.53. The highest BCUT2D eigenvalue weighted by molar-refractivity contribution is 8.18. The molecule has 2 aromatic carbocycles. The number of hydrogen-bond acceptors (Lipinski definition) is 8. The Kier molecular flexibility index (Phi) is 6.20. The highest BCUT2D eigenvalue weighted by Crippen LogP contribution is 2.43. The maximum Gasteiger partial charge on any atom is 0.286 e. The number of imidazole rings is 1. The molecule has 0 saturated heterocycles. The number of para-hydroxylation sites is 3. The lowest BCUT2D eigenvalue weighted by Gasteiger charge is -2.24. The monoisotopic (exact) mass is 601 g/mol. The average Bonchev–Trinajstić information content (AvgIpc) is 3.87. The maximum absolute atomic E-state index is 13.1. The molecule has 210 valence electrons. The fourth-order valence-corrected chi connectivity index (χ4v) is 7.14. The molecule has 0 bridgehead atoms. The zero-order chi connectivity index (χ0) is 28.9. The molecule has 0 N–H and O–H groups in total. The van der Waals surface area contributed by atoms with Gasteiger partial charge in [0, 0.05) is 18.1 Å². The Hall–Kier alpha value is -5.00. The first-order chi connectivity index (χ1) is 21.1. The predicted molar refractivity (Wildman–Crippen MR) is 170 cm³/mol. The summed E-state index contributed by atoms with van der Waals surface area (Å²) < 4.78 is 9.52. The van der Waals surface area contributed by atoms with Gasteiger partial charge in [0.25, 0.3) is 5.91 Å². The van der Waals surface area contributed by atoms with E-state index in [4.69, 9.17) is 19.6 Å². The van der Waals surface area contributed by atoms with Crippen molar-refractivity contribution < 1.29 is 9.21 Å². The number of furan rings is 1. The van der Waals surface area contributed by atoms with E-state index in [0.717, 1.165) is 44.4 Å². The van der Waals surface area contributed by atoms with Gasteiger partial charge in [0.1, 0.15) is 17.9 Å². The second-order valence-corrected chi connectivity index (χ2v) is 12.0. The van der Waals surface area contributed by atoms with Crippen molar-refractivity contribution in [2.24, 2.45) is 10.1 Å². The van der Waals surface area contributed by atoms with E-state index in [9.17, 15) is 4.79 Å². The number of hydrogen-bond donors (Lipinski definition) is 0. The molecule has 2 aliphatic heterocycles. The number of aliphatic imine (C=N–C) groups is 1. The standard InChI is InChI=1S/C32H23N7O2S2/c1-20-29(31(38(35-20)21-9-3-2-4-10-21)37-19-33-23-12-5-6-13-25(23)37)26-18-24(27-14-8-16-42-27)36-39(26)32-34-30(40)28(43-32)17-22-11-7-15-41-22/h2-17,19,26H,18H2,1H3/b28-17-. The highest BCUT2D eigenvalue weighted by atomic mass is 32.2. The zero-order valence-corrected chi connectivity index (χ0v) is 24.5. The maximum atomic E-state index is 13.1. The van der Waals surface area contributed by atoms with Crippen LogP contribution in [0.1, 0.15) is 34.4 Å². The van der Waals surface area contributed by atoms with Crippen molar-refractivity contribution in [3.05, 3.63) is 124 Å². The van der Waals surface area contributed by atoms with Gasteiger partial charge in [0.2, 0.25) is 0 Å². The molecule has 11 heteroatoms. The lowest BCUT2D eigenvalue weighted by molar-refractivity contribution is -0.113. The van der Waals surface area contributed by atoms with Crippen LogP contribution in [0.3, 0.4) is 0 Å². The van der Waals surface area contributed by atoms with Crippen LogP contribution in [0.4, 0.5) is 0 Å². The third kappa shape index (κ3) is 4.44. The number of aromatic nitrogens is 4. The molecule has 6 heterocycles. The summed E-state index contributed by atoms with van der Waals surface area (Å²) in [6, 6.07) is 25.6. The summed E-state index contributed by atoms with van der Waals surface area (Å²) >= 11 is 2.95. The largest absolute Gasteiger partial charge is 0.465 e. The van der Waals surface area contributed by atoms with Gasteiger partial charge in [-0.3, -0.25) is 9.36 Å². The topological polar surface area (TPSA) is 93.8 Å². The Labute approximate surface area is 254 Å². The SMILES string of the molecule is Cc1nn(-c2ccccc2)c(-n2cnc3ccccc32)c1C1CC(c2cccs2)=NN1C1=NC(=O)/C(=C/c2ccco2)S1. The number of amides is 1. The van der Waals surface area contributed by atoms with Gasteiger partial charge in [-0.2, -0.15) is 15.2 Å². The molecule has 2 aliphatic rings. The Morgan fingerprint density at radius 1 is 1.00 bits per heavy atom. The molecule has 0 spiro atoms. The Morgan fingerprint density at radius 3 is 2.67 bits per heavy atom. The van der Waals surface area contributed by atoms with Crippen molar-refractivity contribution in [2.45, 2.75) is 19.4 Å². The average molecular weight is 602 g/mol. The van der Waals surface area contributed by atoms with E-state index in [1.54, 1.807) is 29.7 Å². The number of benzene rings is 2. The Morgan fingerprint density at radius 2 is 1.86 bits per heavy atom. The highest BCUT2D eigenvalue weighted by Gasteiger charge is 2.40. The molecule has 1 unspecified atom stereocenters. The molecular formula is C32H23N7O2S2. The van der Waals surface area contributed by atoms with Gasteiger partial charge in [0.15, 0.2) is 5.17 Å². The van der Waals surface area contributed by atoms with E-state index in [1.807, 2.05) is 89.0 Å². The fraction of sp³-hybridized carbons (Fsp3) is 0.0938. The van der Waals surface area contributed by atoms with E-state index >= 15 is 0 Å². The minimum absolute atomic E-state index is 0.271. The molecule has 1 amide bonds. The molecule has 8 rings (SSSR count). The van der Waals surface area contributed by atoms with E-state index in [1.165, 1.54) is 11.8 Å². The third-order valence-corrected chi connectivity index (χ3v) is 9.33. The van der Waals surface area contributed by atoms with Crippen LogP contribution in [0.25, 0.3) is 28.6 Å². The summed E-state index contributed by atoms with van der Waals surface area (Å²) in [7, 11) is 0.